The van der Waals surface area contributed by atoms with Gasteiger partial charge in [0.25, 0.3) is 0 Å². The van der Waals surface area contributed by atoms with Gasteiger partial charge < -0.3 is 0 Å². The monoisotopic (exact) mass is 270 g/mol. The highest BCUT2D eigenvalue weighted by atomic mass is 35.5. The van der Waals surface area contributed by atoms with Gasteiger partial charge in [0.05, 0.1) is 5.56 Å². The minimum absolute atomic E-state index is 0.0284. The summed E-state index contributed by atoms with van der Waals surface area (Å²) in [7, 11) is 0. The molecule has 0 amide bonds. The third-order valence-electron chi connectivity index (χ3n) is 2.06. The quantitative estimate of drug-likeness (QED) is 0.478. The summed E-state index contributed by atoms with van der Waals surface area (Å²) in [6.07, 6.45) is 1.24. The molecule has 0 atom stereocenters. The van der Waals surface area contributed by atoms with Crippen molar-refractivity contribution in [2.24, 2.45) is 0 Å². The van der Waals surface area contributed by atoms with E-state index < -0.39 is 5.82 Å². The minimum atomic E-state index is -0.417. The Hall–Kier alpha value is -1.52. The Morgan fingerprint density at radius 1 is 1.18 bits per heavy atom. The van der Waals surface area contributed by atoms with Crippen LogP contribution in [0.5, 0.6) is 0 Å². The molecule has 0 fully saturated rings. The number of nitrogens with zero attached hydrogens (tertiary/aromatic N) is 2. The van der Waals surface area contributed by atoms with E-state index in [2.05, 4.69) is 9.97 Å². The second kappa shape index (κ2) is 4.77. The van der Waals surface area contributed by atoms with Gasteiger partial charge in [0.1, 0.15) is 11.0 Å². The van der Waals surface area contributed by atoms with Crippen LogP contribution >= 0.6 is 23.2 Å². The number of rotatable bonds is 2. The molecule has 0 unspecified atom stereocenters. The predicted molar refractivity (Wildman–Crippen MR) is 61.9 cm³/mol. The van der Waals surface area contributed by atoms with Crippen LogP contribution in [0, 0.1) is 5.82 Å². The normalized spacial score (nSPS) is 10.3. The second-order valence-electron chi connectivity index (χ2n) is 3.18. The summed E-state index contributed by atoms with van der Waals surface area (Å²) in [4.78, 5) is 19.3. The molecule has 0 N–H and O–H groups in total. The standard InChI is InChI=1S/C11H5Cl2FN2O/c12-10-8(5-15-11(13)16-10)9(17)6-1-3-7(14)4-2-6/h1-5H. The first kappa shape index (κ1) is 12.0. The number of aromatic nitrogens is 2. The van der Waals surface area contributed by atoms with Gasteiger partial charge in [0.2, 0.25) is 5.28 Å². The average Bonchev–Trinajstić information content (AvgIpc) is 2.29. The zero-order valence-corrected chi connectivity index (χ0v) is 9.84. The third kappa shape index (κ3) is 2.60. The SMILES string of the molecule is O=C(c1ccc(F)cc1)c1cnc(Cl)nc1Cl. The molecule has 1 aromatic heterocycles. The molecule has 0 spiro atoms. The van der Waals surface area contributed by atoms with E-state index in [1.54, 1.807) is 0 Å². The van der Waals surface area contributed by atoms with E-state index in [1.807, 2.05) is 0 Å². The molecule has 0 aliphatic carbocycles. The fourth-order valence-corrected chi connectivity index (χ4v) is 1.64. The van der Waals surface area contributed by atoms with Gasteiger partial charge in [-0.1, -0.05) is 11.6 Å². The molecule has 0 bridgehead atoms. The van der Waals surface area contributed by atoms with Crippen LogP contribution in [0.3, 0.4) is 0 Å². The van der Waals surface area contributed by atoms with Crippen LogP contribution in [-0.4, -0.2) is 15.8 Å². The molecule has 86 valence electrons. The molecule has 1 heterocycles. The predicted octanol–water partition coefficient (Wildman–Crippen LogP) is 3.15. The molecule has 1 aromatic carbocycles. The highest BCUT2D eigenvalue weighted by molar-refractivity contribution is 6.35. The molecule has 0 saturated carbocycles. The molecule has 0 aliphatic heterocycles. The van der Waals surface area contributed by atoms with Gasteiger partial charge in [-0.25, -0.2) is 14.4 Å². The molecular weight excluding hydrogens is 266 g/mol. The van der Waals surface area contributed by atoms with Gasteiger partial charge in [-0.3, -0.25) is 4.79 Å². The lowest BCUT2D eigenvalue weighted by Gasteiger charge is -2.02. The molecule has 6 heteroatoms. The van der Waals surface area contributed by atoms with Gasteiger partial charge in [-0.05, 0) is 35.9 Å². The minimum Gasteiger partial charge on any atom is -0.288 e. The van der Waals surface area contributed by atoms with Crippen molar-refractivity contribution in [1.82, 2.24) is 9.97 Å². The van der Waals surface area contributed by atoms with Crippen LogP contribution in [0.2, 0.25) is 10.4 Å². The van der Waals surface area contributed by atoms with Crippen molar-refractivity contribution in [3.63, 3.8) is 0 Å². The molecule has 2 rings (SSSR count). The number of ketones is 1. The van der Waals surface area contributed by atoms with Gasteiger partial charge >= 0.3 is 0 Å². The second-order valence-corrected chi connectivity index (χ2v) is 3.88. The lowest BCUT2D eigenvalue weighted by Crippen LogP contribution is -2.04. The maximum absolute atomic E-state index is 12.7. The maximum Gasteiger partial charge on any atom is 0.223 e. The van der Waals surface area contributed by atoms with E-state index in [1.165, 1.54) is 30.5 Å². The molecular formula is C11H5Cl2FN2O. The largest absolute Gasteiger partial charge is 0.288 e. The van der Waals surface area contributed by atoms with Crippen molar-refractivity contribution in [2.75, 3.05) is 0 Å². The number of halogens is 3. The third-order valence-corrected chi connectivity index (χ3v) is 2.53. The Balaban J connectivity index is 2.40. The van der Waals surface area contributed by atoms with Crippen LogP contribution in [0.1, 0.15) is 15.9 Å². The van der Waals surface area contributed by atoms with Crippen molar-refractivity contribution >= 4 is 29.0 Å². The smallest absolute Gasteiger partial charge is 0.223 e. The van der Waals surface area contributed by atoms with E-state index in [9.17, 15) is 9.18 Å². The van der Waals surface area contributed by atoms with E-state index in [0.717, 1.165) is 0 Å². The Morgan fingerprint density at radius 3 is 2.41 bits per heavy atom. The van der Waals surface area contributed by atoms with Crippen LogP contribution < -0.4 is 0 Å². The first-order valence-corrected chi connectivity index (χ1v) is 5.32. The van der Waals surface area contributed by atoms with Crippen molar-refractivity contribution in [1.29, 1.82) is 0 Å². The highest BCUT2D eigenvalue weighted by Crippen LogP contribution is 2.18. The van der Waals surface area contributed by atoms with E-state index in [4.69, 9.17) is 23.2 Å². The maximum atomic E-state index is 12.7. The zero-order valence-electron chi connectivity index (χ0n) is 8.32. The number of carbonyl (C=O) groups excluding carboxylic acids is 1. The lowest BCUT2D eigenvalue weighted by molar-refractivity contribution is 0.103. The van der Waals surface area contributed by atoms with Crippen molar-refractivity contribution < 1.29 is 9.18 Å². The van der Waals surface area contributed by atoms with E-state index in [0.29, 0.717) is 5.56 Å². The first-order chi connectivity index (χ1) is 8.08. The summed E-state index contributed by atoms with van der Waals surface area (Å²) in [5.74, 6) is -0.799. The molecule has 17 heavy (non-hydrogen) atoms. The molecule has 0 radical (unpaired) electrons. The summed E-state index contributed by atoms with van der Waals surface area (Å²) < 4.78 is 12.7. The van der Waals surface area contributed by atoms with E-state index >= 15 is 0 Å². The van der Waals surface area contributed by atoms with Gasteiger partial charge in [-0.15, -0.1) is 0 Å². The van der Waals surface area contributed by atoms with E-state index in [-0.39, 0.29) is 21.8 Å². The summed E-state index contributed by atoms with van der Waals surface area (Å²) in [5.41, 5.74) is 0.432. The molecule has 0 saturated heterocycles. The van der Waals surface area contributed by atoms with Crippen LogP contribution in [0.15, 0.2) is 30.5 Å². The van der Waals surface area contributed by atoms with Gasteiger partial charge in [-0.2, -0.15) is 0 Å². The Bertz CT molecular complexity index is 572. The summed E-state index contributed by atoms with van der Waals surface area (Å²) >= 11 is 11.3. The lowest BCUT2D eigenvalue weighted by atomic mass is 10.1. The van der Waals surface area contributed by atoms with Crippen LogP contribution in [0.25, 0.3) is 0 Å². The number of carbonyl (C=O) groups is 1. The number of hydrogen-bond acceptors (Lipinski definition) is 3. The Kier molecular flexibility index (Phi) is 3.36. The summed E-state index contributed by atoms with van der Waals surface area (Å²) in [5, 5.41) is -0.0648. The molecule has 3 nitrogen and oxygen atoms in total. The fourth-order valence-electron chi connectivity index (χ4n) is 1.25. The van der Waals surface area contributed by atoms with Crippen molar-refractivity contribution in [3.05, 3.63) is 57.8 Å². The highest BCUT2D eigenvalue weighted by Gasteiger charge is 2.14. The molecule has 0 aliphatic rings. The molecule has 2 aromatic rings. The Morgan fingerprint density at radius 2 is 1.82 bits per heavy atom. The number of hydrogen-bond donors (Lipinski definition) is 0. The van der Waals surface area contributed by atoms with Crippen molar-refractivity contribution in [3.8, 4) is 0 Å². The zero-order chi connectivity index (χ0) is 12.4. The number of benzene rings is 1. The van der Waals surface area contributed by atoms with Gasteiger partial charge in [0, 0.05) is 11.8 Å². The van der Waals surface area contributed by atoms with Crippen molar-refractivity contribution in [2.45, 2.75) is 0 Å². The van der Waals surface area contributed by atoms with Gasteiger partial charge in [0.15, 0.2) is 5.78 Å². The topological polar surface area (TPSA) is 42.9 Å². The summed E-state index contributed by atoms with van der Waals surface area (Å²) in [6, 6.07) is 5.11. The van der Waals surface area contributed by atoms with Crippen LogP contribution in [0.4, 0.5) is 4.39 Å². The van der Waals surface area contributed by atoms with Crippen LogP contribution in [-0.2, 0) is 0 Å². The first-order valence-electron chi connectivity index (χ1n) is 4.56. The fraction of sp³-hybridized carbons (Fsp3) is 0. The average molecular weight is 271 g/mol. The Labute approximate surface area is 106 Å². The summed E-state index contributed by atoms with van der Waals surface area (Å²) in [6.45, 7) is 0.